The van der Waals surface area contributed by atoms with Crippen molar-refractivity contribution in [3.8, 4) is 0 Å². The predicted octanol–water partition coefficient (Wildman–Crippen LogP) is 4.76. The summed E-state index contributed by atoms with van der Waals surface area (Å²) in [5.41, 5.74) is 7.85. The van der Waals surface area contributed by atoms with Crippen LogP contribution in [0.15, 0.2) is 18.2 Å². The zero-order valence-electron chi connectivity index (χ0n) is 13.3. The van der Waals surface area contributed by atoms with E-state index in [1.807, 2.05) is 33.8 Å². The molecule has 0 saturated heterocycles. The summed E-state index contributed by atoms with van der Waals surface area (Å²) in [6.45, 7) is 8.00. The van der Waals surface area contributed by atoms with E-state index in [1.54, 1.807) is 12.1 Å². The Hall–Kier alpha value is -1.03. The largest absolute Gasteiger partial charge is 0.393 e. The summed E-state index contributed by atoms with van der Waals surface area (Å²) in [4.78, 5) is 0. The maximum Gasteiger partial charge on any atom is 0.393 e. The van der Waals surface area contributed by atoms with Crippen LogP contribution in [0.2, 0.25) is 0 Å². The highest BCUT2D eigenvalue weighted by atomic mass is 19.4. The number of halogens is 3. The van der Waals surface area contributed by atoms with E-state index in [1.165, 1.54) is 0 Å². The van der Waals surface area contributed by atoms with Crippen molar-refractivity contribution in [3.63, 3.8) is 0 Å². The second-order valence-corrected chi connectivity index (χ2v) is 6.95. The van der Waals surface area contributed by atoms with Crippen molar-refractivity contribution in [1.82, 2.24) is 0 Å². The normalized spacial score (nSPS) is 14.3. The molecule has 0 amide bonds. The molecule has 0 spiro atoms. The van der Waals surface area contributed by atoms with Crippen LogP contribution in [0.5, 0.6) is 0 Å². The molecule has 0 radical (unpaired) electrons. The number of nitrogens with two attached hydrogens (primary N) is 1. The first kappa shape index (κ1) is 18.0. The Balaban J connectivity index is 2.98. The van der Waals surface area contributed by atoms with Crippen molar-refractivity contribution in [1.29, 1.82) is 0 Å². The summed E-state index contributed by atoms with van der Waals surface area (Å²) < 4.78 is 37.9. The van der Waals surface area contributed by atoms with Crippen molar-refractivity contribution in [3.05, 3.63) is 34.9 Å². The minimum absolute atomic E-state index is 0.130. The molecule has 0 aliphatic carbocycles. The summed E-state index contributed by atoms with van der Waals surface area (Å²) in [5, 5.41) is 0. The smallest absolute Gasteiger partial charge is 0.328 e. The molecule has 0 saturated carbocycles. The lowest BCUT2D eigenvalue weighted by Crippen LogP contribution is -2.16. The van der Waals surface area contributed by atoms with Crippen LogP contribution in [-0.4, -0.2) is 12.2 Å². The second-order valence-electron chi connectivity index (χ2n) is 6.95. The molecule has 21 heavy (non-hydrogen) atoms. The fourth-order valence-electron chi connectivity index (χ4n) is 2.30. The van der Waals surface area contributed by atoms with E-state index >= 15 is 0 Å². The van der Waals surface area contributed by atoms with E-state index in [0.717, 1.165) is 30.4 Å². The molecular weight excluding hydrogens is 275 g/mol. The van der Waals surface area contributed by atoms with Gasteiger partial charge in [-0.15, -0.1) is 0 Å². The van der Waals surface area contributed by atoms with E-state index in [0.29, 0.717) is 5.56 Å². The standard InChI is InChI=1S/C17H26F3N/c1-12(21)6-5-7-13-8-14(11-17(18,19)20)10-15(9-13)16(2,3)4/h8-10,12H,5-7,11,21H2,1-4H3/t12-/m0/s1. The summed E-state index contributed by atoms with van der Waals surface area (Å²) >= 11 is 0. The predicted molar refractivity (Wildman–Crippen MR) is 81.5 cm³/mol. The number of benzene rings is 1. The molecule has 1 aromatic rings. The first-order valence-corrected chi connectivity index (χ1v) is 7.43. The molecule has 1 atom stereocenters. The summed E-state index contributed by atoms with van der Waals surface area (Å²) in [6.07, 6.45) is -2.47. The van der Waals surface area contributed by atoms with Gasteiger partial charge >= 0.3 is 6.18 Å². The maximum absolute atomic E-state index is 12.6. The Morgan fingerprint density at radius 2 is 1.62 bits per heavy atom. The van der Waals surface area contributed by atoms with Gasteiger partial charge in [-0.25, -0.2) is 0 Å². The van der Waals surface area contributed by atoms with Gasteiger partial charge in [0.15, 0.2) is 0 Å². The average molecular weight is 301 g/mol. The lowest BCUT2D eigenvalue weighted by molar-refractivity contribution is -0.127. The summed E-state index contributed by atoms with van der Waals surface area (Å²) in [5.74, 6) is 0. The lowest BCUT2D eigenvalue weighted by Gasteiger charge is -2.22. The number of rotatable bonds is 5. The first-order valence-electron chi connectivity index (χ1n) is 7.43. The van der Waals surface area contributed by atoms with Crippen molar-refractivity contribution in [2.45, 2.75) is 71.0 Å². The van der Waals surface area contributed by atoms with Crippen LogP contribution in [-0.2, 0) is 18.3 Å². The van der Waals surface area contributed by atoms with Gasteiger partial charge in [-0.3, -0.25) is 0 Å². The lowest BCUT2D eigenvalue weighted by atomic mass is 9.84. The molecule has 0 heterocycles. The highest BCUT2D eigenvalue weighted by molar-refractivity contribution is 5.34. The summed E-state index contributed by atoms with van der Waals surface area (Å²) in [7, 11) is 0. The third-order valence-electron chi connectivity index (χ3n) is 3.45. The van der Waals surface area contributed by atoms with Gasteiger partial charge < -0.3 is 5.73 Å². The number of alkyl halides is 3. The van der Waals surface area contributed by atoms with Gasteiger partial charge in [-0.1, -0.05) is 39.0 Å². The van der Waals surface area contributed by atoms with Gasteiger partial charge in [0, 0.05) is 6.04 Å². The van der Waals surface area contributed by atoms with Gasteiger partial charge in [0.05, 0.1) is 6.42 Å². The molecule has 0 unspecified atom stereocenters. The van der Waals surface area contributed by atoms with Gasteiger partial charge in [-0.2, -0.15) is 13.2 Å². The molecule has 0 aromatic heterocycles. The molecule has 0 fully saturated rings. The molecule has 1 aromatic carbocycles. The Morgan fingerprint density at radius 1 is 1.05 bits per heavy atom. The minimum atomic E-state index is -4.17. The van der Waals surface area contributed by atoms with Crippen LogP contribution >= 0.6 is 0 Å². The van der Waals surface area contributed by atoms with Gasteiger partial charge in [0.1, 0.15) is 0 Å². The highest BCUT2D eigenvalue weighted by Crippen LogP contribution is 2.28. The zero-order valence-corrected chi connectivity index (χ0v) is 13.3. The van der Waals surface area contributed by atoms with Crippen molar-refractivity contribution in [2.75, 3.05) is 0 Å². The van der Waals surface area contributed by atoms with Gasteiger partial charge in [0.25, 0.3) is 0 Å². The third-order valence-corrected chi connectivity index (χ3v) is 3.45. The van der Waals surface area contributed by atoms with Gasteiger partial charge in [0.2, 0.25) is 0 Å². The van der Waals surface area contributed by atoms with Crippen LogP contribution in [0, 0.1) is 0 Å². The molecule has 0 aliphatic rings. The quantitative estimate of drug-likeness (QED) is 0.833. The summed E-state index contributed by atoms with van der Waals surface area (Å²) in [6, 6.07) is 5.53. The fraction of sp³-hybridized carbons (Fsp3) is 0.647. The Bertz CT molecular complexity index is 456. The van der Waals surface area contributed by atoms with Crippen LogP contribution < -0.4 is 5.73 Å². The minimum Gasteiger partial charge on any atom is -0.328 e. The Labute approximate surface area is 125 Å². The van der Waals surface area contributed by atoms with Crippen molar-refractivity contribution in [2.24, 2.45) is 5.73 Å². The van der Waals surface area contributed by atoms with Gasteiger partial charge in [-0.05, 0) is 48.3 Å². The van der Waals surface area contributed by atoms with Crippen molar-refractivity contribution < 1.29 is 13.2 Å². The zero-order chi connectivity index (χ0) is 16.3. The number of hydrogen-bond acceptors (Lipinski definition) is 1. The van der Waals surface area contributed by atoms with Crippen LogP contribution in [0.1, 0.15) is 57.2 Å². The van der Waals surface area contributed by atoms with E-state index in [9.17, 15) is 13.2 Å². The third kappa shape index (κ3) is 6.98. The molecule has 4 heteroatoms. The molecular formula is C17H26F3N. The topological polar surface area (TPSA) is 26.0 Å². The molecule has 120 valence electrons. The average Bonchev–Trinajstić information content (AvgIpc) is 2.24. The Morgan fingerprint density at radius 3 is 2.10 bits per heavy atom. The van der Waals surface area contributed by atoms with Crippen LogP contribution in [0.3, 0.4) is 0 Å². The monoisotopic (exact) mass is 301 g/mol. The SMILES string of the molecule is C[C@H](N)CCCc1cc(CC(F)(F)F)cc(C(C)(C)C)c1. The first-order chi connectivity index (χ1) is 9.47. The van der Waals surface area contributed by atoms with Crippen LogP contribution in [0.4, 0.5) is 13.2 Å². The number of hydrogen-bond donors (Lipinski definition) is 1. The van der Waals surface area contributed by atoms with E-state index in [4.69, 9.17) is 5.73 Å². The molecule has 0 bridgehead atoms. The molecule has 2 N–H and O–H groups in total. The molecule has 0 aliphatic heterocycles. The van der Waals surface area contributed by atoms with E-state index < -0.39 is 12.6 Å². The highest BCUT2D eigenvalue weighted by Gasteiger charge is 2.28. The van der Waals surface area contributed by atoms with E-state index in [-0.39, 0.29) is 11.5 Å². The number of aryl methyl sites for hydroxylation is 1. The fourth-order valence-corrected chi connectivity index (χ4v) is 2.30. The van der Waals surface area contributed by atoms with Crippen molar-refractivity contribution >= 4 is 0 Å². The molecule has 1 nitrogen and oxygen atoms in total. The second kappa shape index (κ2) is 6.82. The van der Waals surface area contributed by atoms with E-state index in [2.05, 4.69) is 0 Å². The van der Waals surface area contributed by atoms with Crippen LogP contribution in [0.25, 0.3) is 0 Å². The maximum atomic E-state index is 12.6. The Kier molecular flexibility index (Phi) is 5.85. The molecule has 1 rings (SSSR count).